The molecule has 0 amide bonds. The molecule has 0 saturated heterocycles. The molecule has 0 fully saturated rings. The van der Waals surface area contributed by atoms with E-state index in [9.17, 15) is 0 Å². The Balaban J connectivity index is 2.02. The second-order valence-electron chi connectivity index (χ2n) is 5.81. The van der Waals surface area contributed by atoms with E-state index in [2.05, 4.69) is 43.9 Å². The molecule has 0 N–H and O–H groups in total. The van der Waals surface area contributed by atoms with Crippen LogP contribution in [0.5, 0.6) is 5.75 Å². The maximum absolute atomic E-state index is 5.96. The Hall–Kier alpha value is -0.963. The summed E-state index contributed by atoms with van der Waals surface area (Å²) >= 11 is 11.8. The van der Waals surface area contributed by atoms with Crippen LogP contribution < -0.4 is 9.92 Å². The fourth-order valence-corrected chi connectivity index (χ4v) is 3.29. The van der Waals surface area contributed by atoms with Crippen LogP contribution in [0.2, 0.25) is 29.7 Å². The van der Waals surface area contributed by atoms with E-state index in [0.29, 0.717) is 16.7 Å². The van der Waals surface area contributed by atoms with Gasteiger partial charge in [-0.3, -0.25) is 0 Å². The zero-order valence-electron chi connectivity index (χ0n) is 11.9. The van der Waals surface area contributed by atoms with Crippen LogP contribution >= 0.6 is 23.2 Å². The predicted molar refractivity (Wildman–Crippen MR) is 90.2 cm³/mol. The third kappa shape index (κ3) is 4.01. The van der Waals surface area contributed by atoms with Crippen molar-refractivity contribution in [2.24, 2.45) is 0 Å². The minimum atomic E-state index is -1.23. The summed E-state index contributed by atoms with van der Waals surface area (Å²) < 4.78 is 5.72. The Morgan fingerprint density at radius 1 is 0.900 bits per heavy atom. The first-order valence-electron chi connectivity index (χ1n) is 6.53. The normalized spacial score (nSPS) is 11.4. The SMILES string of the molecule is C[Si](C)(C)c1ccc(COc2ccc(Cl)c(Cl)c2)cc1. The first kappa shape index (κ1) is 15.4. The predicted octanol–water partition coefficient (Wildman–Crippen LogP) is 5.12. The lowest BCUT2D eigenvalue weighted by atomic mass is 10.2. The van der Waals surface area contributed by atoms with E-state index < -0.39 is 8.07 Å². The van der Waals surface area contributed by atoms with Gasteiger partial charge >= 0.3 is 0 Å². The molecule has 0 aromatic heterocycles. The Bertz CT molecular complexity index is 588. The maximum Gasteiger partial charge on any atom is 0.121 e. The molecule has 0 atom stereocenters. The molecule has 2 aromatic rings. The van der Waals surface area contributed by atoms with Gasteiger partial charge in [0, 0.05) is 6.07 Å². The third-order valence-electron chi connectivity index (χ3n) is 3.12. The van der Waals surface area contributed by atoms with Crippen LogP contribution in [0.3, 0.4) is 0 Å². The van der Waals surface area contributed by atoms with Gasteiger partial charge in [0.25, 0.3) is 0 Å². The number of ether oxygens (including phenoxy) is 1. The number of rotatable bonds is 4. The fraction of sp³-hybridized carbons (Fsp3) is 0.250. The van der Waals surface area contributed by atoms with Gasteiger partial charge in [-0.1, -0.05) is 72.3 Å². The van der Waals surface area contributed by atoms with Crippen LogP contribution in [0, 0.1) is 0 Å². The smallest absolute Gasteiger partial charge is 0.121 e. The molecule has 0 aliphatic heterocycles. The minimum Gasteiger partial charge on any atom is -0.489 e. The number of halogens is 2. The molecule has 2 rings (SSSR count). The van der Waals surface area contributed by atoms with E-state index in [1.54, 1.807) is 12.1 Å². The van der Waals surface area contributed by atoms with Crippen molar-refractivity contribution in [3.8, 4) is 5.75 Å². The molecule has 0 saturated carbocycles. The summed E-state index contributed by atoms with van der Waals surface area (Å²) in [7, 11) is -1.23. The van der Waals surface area contributed by atoms with Crippen LogP contribution in [-0.2, 0) is 6.61 Å². The topological polar surface area (TPSA) is 9.23 Å². The van der Waals surface area contributed by atoms with Crippen LogP contribution in [-0.4, -0.2) is 8.07 Å². The largest absolute Gasteiger partial charge is 0.489 e. The van der Waals surface area contributed by atoms with Gasteiger partial charge in [0.15, 0.2) is 0 Å². The van der Waals surface area contributed by atoms with Crippen molar-refractivity contribution >= 4 is 36.5 Å². The van der Waals surface area contributed by atoms with Crippen molar-refractivity contribution < 1.29 is 4.74 Å². The van der Waals surface area contributed by atoms with E-state index in [0.717, 1.165) is 11.3 Å². The van der Waals surface area contributed by atoms with E-state index in [1.807, 2.05) is 6.07 Å². The molecule has 0 spiro atoms. The van der Waals surface area contributed by atoms with Crippen LogP contribution in [0.15, 0.2) is 42.5 Å². The summed E-state index contributed by atoms with van der Waals surface area (Å²) in [6.45, 7) is 7.56. The first-order chi connectivity index (χ1) is 9.36. The Kier molecular flexibility index (Phi) is 4.79. The standard InChI is InChI=1S/C16H18Cl2OSi/c1-20(2,3)14-7-4-12(5-8-14)11-19-13-6-9-15(17)16(18)10-13/h4-10H,11H2,1-3H3. The van der Waals surface area contributed by atoms with Crippen molar-refractivity contribution in [2.75, 3.05) is 0 Å². The molecule has 0 heterocycles. The minimum absolute atomic E-state index is 0.512. The average Bonchev–Trinajstić information content (AvgIpc) is 2.40. The highest BCUT2D eigenvalue weighted by Crippen LogP contribution is 2.26. The molecule has 4 heteroatoms. The molecule has 0 unspecified atom stereocenters. The summed E-state index contributed by atoms with van der Waals surface area (Å²) in [6, 6.07) is 14.0. The van der Waals surface area contributed by atoms with Gasteiger partial charge in [-0.05, 0) is 17.7 Å². The summed E-state index contributed by atoms with van der Waals surface area (Å²) in [5.41, 5.74) is 1.15. The van der Waals surface area contributed by atoms with Gasteiger partial charge in [-0.25, -0.2) is 0 Å². The molecule has 2 aromatic carbocycles. The Morgan fingerprint density at radius 3 is 2.10 bits per heavy atom. The quantitative estimate of drug-likeness (QED) is 0.709. The second kappa shape index (κ2) is 6.21. The van der Waals surface area contributed by atoms with Gasteiger partial charge in [0.05, 0.1) is 18.1 Å². The Morgan fingerprint density at radius 2 is 1.55 bits per heavy atom. The van der Waals surface area contributed by atoms with Gasteiger partial charge in [0.2, 0.25) is 0 Å². The lowest BCUT2D eigenvalue weighted by Gasteiger charge is -2.16. The van der Waals surface area contributed by atoms with E-state index in [-0.39, 0.29) is 0 Å². The zero-order chi connectivity index (χ0) is 14.8. The van der Waals surface area contributed by atoms with E-state index in [4.69, 9.17) is 27.9 Å². The molecule has 0 aliphatic rings. The van der Waals surface area contributed by atoms with Gasteiger partial charge in [0.1, 0.15) is 12.4 Å². The molecule has 20 heavy (non-hydrogen) atoms. The second-order valence-corrected chi connectivity index (χ2v) is 11.7. The monoisotopic (exact) mass is 324 g/mol. The molecule has 0 aliphatic carbocycles. The number of hydrogen-bond acceptors (Lipinski definition) is 1. The van der Waals surface area contributed by atoms with Crippen molar-refractivity contribution in [1.82, 2.24) is 0 Å². The highest BCUT2D eigenvalue weighted by Gasteiger charge is 2.15. The van der Waals surface area contributed by atoms with E-state index in [1.165, 1.54) is 5.19 Å². The van der Waals surface area contributed by atoms with Gasteiger partial charge < -0.3 is 4.74 Å². The van der Waals surface area contributed by atoms with E-state index >= 15 is 0 Å². The molecule has 106 valence electrons. The number of benzene rings is 2. The highest BCUT2D eigenvalue weighted by molar-refractivity contribution is 6.88. The maximum atomic E-state index is 5.96. The van der Waals surface area contributed by atoms with Crippen molar-refractivity contribution in [2.45, 2.75) is 26.2 Å². The zero-order valence-corrected chi connectivity index (χ0v) is 14.4. The summed E-state index contributed by atoms with van der Waals surface area (Å²) in [5.74, 6) is 0.730. The molecule has 1 nitrogen and oxygen atoms in total. The van der Waals surface area contributed by atoms with Crippen molar-refractivity contribution in [1.29, 1.82) is 0 Å². The molecular formula is C16H18Cl2OSi. The average molecular weight is 325 g/mol. The highest BCUT2D eigenvalue weighted by atomic mass is 35.5. The first-order valence-corrected chi connectivity index (χ1v) is 10.8. The van der Waals surface area contributed by atoms with Crippen molar-refractivity contribution in [3.05, 3.63) is 58.1 Å². The van der Waals surface area contributed by atoms with Crippen LogP contribution in [0.1, 0.15) is 5.56 Å². The third-order valence-corrected chi connectivity index (χ3v) is 5.92. The lowest BCUT2D eigenvalue weighted by molar-refractivity contribution is 0.306. The van der Waals surface area contributed by atoms with Gasteiger partial charge in [-0.15, -0.1) is 0 Å². The van der Waals surface area contributed by atoms with Gasteiger partial charge in [-0.2, -0.15) is 0 Å². The molecule has 0 radical (unpaired) electrons. The summed E-state index contributed by atoms with van der Waals surface area (Å²) in [5, 5.41) is 2.51. The fourth-order valence-electron chi connectivity index (χ4n) is 1.83. The Labute approximate surface area is 131 Å². The lowest BCUT2D eigenvalue weighted by Crippen LogP contribution is -2.37. The van der Waals surface area contributed by atoms with Crippen LogP contribution in [0.4, 0.5) is 0 Å². The molecular weight excluding hydrogens is 307 g/mol. The van der Waals surface area contributed by atoms with Crippen molar-refractivity contribution in [3.63, 3.8) is 0 Å². The summed E-state index contributed by atoms with van der Waals surface area (Å²) in [6.07, 6.45) is 0. The number of hydrogen-bond donors (Lipinski definition) is 0. The molecule has 0 bridgehead atoms. The summed E-state index contributed by atoms with van der Waals surface area (Å²) in [4.78, 5) is 0. The van der Waals surface area contributed by atoms with Crippen LogP contribution in [0.25, 0.3) is 0 Å².